The molecule has 2 aliphatic heterocycles. The molecule has 1 N–H and O–H groups in total. The minimum Gasteiger partial charge on any atom is -0.505 e. The first-order valence-corrected chi connectivity index (χ1v) is 17.9. The summed E-state index contributed by atoms with van der Waals surface area (Å²) in [6, 6.07) is 11.5. The summed E-state index contributed by atoms with van der Waals surface area (Å²) in [6.45, 7) is 9.20. The first kappa shape index (κ1) is 32.8. The minimum absolute atomic E-state index is 0.180. The molecule has 4 amide bonds. The second-order valence-corrected chi connectivity index (χ2v) is 16.8. The van der Waals surface area contributed by atoms with Crippen molar-refractivity contribution in [1.29, 1.82) is 0 Å². The molecule has 0 radical (unpaired) electrons. The zero-order valence-electron chi connectivity index (χ0n) is 28.5. The molecule has 0 unspecified atom stereocenters. The molecule has 2 aliphatic carbocycles. The molecule has 0 bridgehead atoms. The van der Waals surface area contributed by atoms with Crippen LogP contribution in [-0.2, 0) is 26.2 Å². The fraction of sp³-hybridized carbons (Fsp3) is 0.395. The highest BCUT2D eigenvalue weighted by Crippen LogP contribution is 2.64. The van der Waals surface area contributed by atoms with Crippen molar-refractivity contribution in [3.8, 4) is 16.3 Å². The van der Waals surface area contributed by atoms with E-state index in [2.05, 4.69) is 0 Å². The van der Waals surface area contributed by atoms with Crippen molar-refractivity contribution in [3.05, 3.63) is 76.1 Å². The molecule has 4 heterocycles. The quantitative estimate of drug-likeness (QED) is 0.178. The Bertz CT molecular complexity index is 2230. The van der Waals surface area contributed by atoms with E-state index in [1.807, 2.05) is 52.0 Å². The highest BCUT2D eigenvalue weighted by Gasteiger charge is 2.68. The van der Waals surface area contributed by atoms with Crippen molar-refractivity contribution in [1.82, 2.24) is 14.7 Å². The van der Waals surface area contributed by atoms with Gasteiger partial charge in [0.25, 0.3) is 0 Å². The number of phenols is 1. The third-order valence-corrected chi connectivity index (χ3v) is 13.0. The van der Waals surface area contributed by atoms with Gasteiger partial charge in [-0.15, -0.1) is 11.3 Å². The first-order valence-electron chi connectivity index (χ1n) is 16.7. The van der Waals surface area contributed by atoms with Crippen LogP contribution < -0.4 is 4.90 Å². The van der Waals surface area contributed by atoms with E-state index >= 15 is 4.39 Å². The molecule has 0 spiro atoms. The van der Waals surface area contributed by atoms with Gasteiger partial charge in [0.2, 0.25) is 23.6 Å². The van der Waals surface area contributed by atoms with E-state index in [-0.39, 0.29) is 18.2 Å². The number of imide groups is 2. The average molecular weight is 715 g/mol. The maximum absolute atomic E-state index is 15.0. The Balaban J connectivity index is 1.25. The Labute approximate surface area is 297 Å². The number of amides is 4. The number of aryl methyl sites for hydroxylation is 2. The molecule has 12 heteroatoms. The van der Waals surface area contributed by atoms with Crippen molar-refractivity contribution in [2.24, 2.45) is 36.1 Å². The lowest BCUT2D eigenvalue weighted by molar-refractivity contribution is -0.145. The largest absolute Gasteiger partial charge is 0.505 e. The van der Waals surface area contributed by atoms with Crippen LogP contribution in [0.1, 0.15) is 57.6 Å². The molecule has 2 aromatic carbocycles. The van der Waals surface area contributed by atoms with Gasteiger partial charge in [0.15, 0.2) is 11.6 Å². The number of halogens is 2. The van der Waals surface area contributed by atoms with Crippen LogP contribution in [0.3, 0.4) is 0 Å². The van der Waals surface area contributed by atoms with Gasteiger partial charge in [0.05, 0.1) is 28.0 Å². The molecule has 258 valence electrons. The smallest absolute Gasteiger partial charge is 0.242 e. The van der Waals surface area contributed by atoms with Crippen molar-refractivity contribution in [2.75, 3.05) is 4.90 Å². The number of carbonyl (C=O) groups excluding carboxylic acids is 4. The van der Waals surface area contributed by atoms with Gasteiger partial charge in [0, 0.05) is 34.3 Å². The molecule has 4 aromatic rings. The van der Waals surface area contributed by atoms with Gasteiger partial charge in [-0.25, -0.2) is 9.29 Å². The number of rotatable bonds is 3. The Morgan fingerprint density at radius 3 is 2.46 bits per heavy atom. The Morgan fingerprint density at radius 2 is 1.76 bits per heavy atom. The van der Waals surface area contributed by atoms with Crippen LogP contribution in [0, 0.1) is 41.8 Å². The zero-order valence-corrected chi connectivity index (χ0v) is 30.0. The molecule has 6 atom stereocenters. The van der Waals surface area contributed by atoms with Crippen molar-refractivity contribution >= 4 is 62.5 Å². The van der Waals surface area contributed by atoms with Crippen LogP contribution in [0.4, 0.5) is 10.2 Å². The number of aromatic hydroxyl groups is 1. The van der Waals surface area contributed by atoms with E-state index in [4.69, 9.17) is 16.7 Å². The van der Waals surface area contributed by atoms with E-state index in [0.29, 0.717) is 28.5 Å². The van der Waals surface area contributed by atoms with Crippen molar-refractivity contribution < 1.29 is 28.7 Å². The van der Waals surface area contributed by atoms with Gasteiger partial charge < -0.3 is 5.11 Å². The maximum Gasteiger partial charge on any atom is 0.242 e. The number of likely N-dealkylation sites (tertiary alicyclic amines) is 1. The second kappa shape index (κ2) is 10.8. The summed E-state index contributed by atoms with van der Waals surface area (Å²) in [5.74, 6) is -5.97. The molecule has 4 aliphatic rings. The van der Waals surface area contributed by atoms with Crippen LogP contribution in [0.25, 0.3) is 20.7 Å². The number of phenolic OH excluding ortho intramolecular Hbond substituents is 1. The second-order valence-electron chi connectivity index (χ2n) is 15.3. The van der Waals surface area contributed by atoms with Crippen molar-refractivity contribution in [3.63, 3.8) is 0 Å². The molecule has 9 nitrogen and oxygen atoms in total. The summed E-state index contributed by atoms with van der Waals surface area (Å²) in [4.78, 5) is 60.8. The maximum atomic E-state index is 15.0. The van der Waals surface area contributed by atoms with Crippen LogP contribution >= 0.6 is 22.9 Å². The number of anilines is 1. The van der Waals surface area contributed by atoms with E-state index in [1.54, 1.807) is 37.4 Å². The number of aromatic nitrogens is 2. The lowest BCUT2D eigenvalue weighted by Crippen LogP contribution is -2.49. The number of nitrogens with zero attached hydrogens (tertiary/aromatic N) is 4. The lowest BCUT2D eigenvalue weighted by atomic mass is 9.51. The molecule has 3 fully saturated rings. The number of benzene rings is 2. The monoisotopic (exact) mass is 714 g/mol. The van der Waals surface area contributed by atoms with Crippen LogP contribution in [0.2, 0.25) is 5.02 Å². The standard InChI is InChI=1S/C38H36ClFN4O5S/c1-17-22-14-19(39)8-12-28(22)50-32(17)26-16-29(42(6)41-26)43-34(47)24-15-23-20(9-10-21-30(23)35(48)44(33(21)46)37(2,3)4)31(38(24,5)36(43)49)18-7-11-27(45)25(40)13-18/h7-9,11-14,16,21,23-24,30-31,45H,10,15H2,1-6H3/t21-,23+,24-,30-,31-,38+/m0/s1. The van der Waals surface area contributed by atoms with Crippen LogP contribution in [-0.4, -0.2) is 49.0 Å². The Kier molecular flexibility index (Phi) is 7.11. The van der Waals surface area contributed by atoms with Gasteiger partial charge in [0.1, 0.15) is 11.5 Å². The number of hydrogen-bond acceptors (Lipinski definition) is 7. The minimum atomic E-state index is -1.36. The fourth-order valence-corrected chi connectivity index (χ4v) is 10.5. The molecular formula is C38H36ClFN4O5S. The highest BCUT2D eigenvalue weighted by molar-refractivity contribution is 7.22. The van der Waals surface area contributed by atoms with E-state index in [1.165, 1.54) is 26.6 Å². The predicted molar refractivity (Wildman–Crippen MR) is 188 cm³/mol. The molecular weight excluding hydrogens is 679 g/mol. The number of fused-ring (bicyclic) bond motifs is 5. The third-order valence-electron chi connectivity index (χ3n) is 11.5. The topological polar surface area (TPSA) is 113 Å². The molecule has 8 rings (SSSR count). The summed E-state index contributed by atoms with van der Waals surface area (Å²) in [5.41, 5.74) is 0.657. The van der Waals surface area contributed by atoms with E-state index < -0.39 is 63.9 Å². The molecule has 1 saturated carbocycles. The zero-order chi connectivity index (χ0) is 35.8. The van der Waals surface area contributed by atoms with E-state index in [0.717, 1.165) is 26.1 Å². The normalized spacial score (nSPS) is 28.0. The molecule has 2 aromatic heterocycles. The van der Waals surface area contributed by atoms with Gasteiger partial charge >= 0.3 is 0 Å². The fourth-order valence-electron chi connectivity index (χ4n) is 9.19. The Hall–Kier alpha value is -4.35. The molecule has 2 saturated heterocycles. The van der Waals surface area contributed by atoms with Gasteiger partial charge in [-0.1, -0.05) is 29.3 Å². The SMILES string of the molecule is Cc1c(-c2cc(N3C(=O)[C@@H]4C[C@@H]5C(=CC[C@@H]6C(=O)N(C(C)(C)C)C(=O)[C@@H]65)[C@H](c5ccc(O)c(F)c5)[C@]4(C)C3=O)n(C)n2)sc2ccc(Cl)cc12. The van der Waals surface area contributed by atoms with E-state index in [9.17, 15) is 24.3 Å². The number of hydrogen-bond donors (Lipinski definition) is 1. The summed E-state index contributed by atoms with van der Waals surface area (Å²) in [5, 5.41) is 16.5. The highest BCUT2D eigenvalue weighted by atomic mass is 35.5. The van der Waals surface area contributed by atoms with Crippen LogP contribution in [0.5, 0.6) is 5.75 Å². The molecule has 50 heavy (non-hydrogen) atoms. The van der Waals surface area contributed by atoms with Gasteiger partial charge in [-0.05, 0) is 100 Å². The Morgan fingerprint density at radius 1 is 1.02 bits per heavy atom. The van der Waals surface area contributed by atoms with Crippen LogP contribution in [0.15, 0.2) is 54.1 Å². The summed E-state index contributed by atoms with van der Waals surface area (Å²) < 4.78 is 17.6. The third kappa shape index (κ3) is 4.38. The average Bonchev–Trinajstić information content (AvgIpc) is 3.72. The lowest BCUT2D eigenvalue weighted by Gasteiger charge is -2.49. The first-order chi connectivity index (χ1) is 23.5. The summed E-state index contributed by atoms with van der Waals surface area (Å²) in [7, 11) is 1.69. The van der Waals surface area contributed by atoms with Gasteiger partial charge in [-0.2, -0.15) is 5.10 Å². The van der Waals surface area contributed by atoms with Crippen molar-refractivity contribution in [2.45, 2.75) is 58.9 Å². The summed E-state index contributed by atoms with van der Waals surface area (Å²) >= 11 is 7.83. The summed E-state index contributed by atoms with van der Waals surface area (Å²) in [6.07, 6.45) is 2.40. The number of allylic oxidation sites excluding steroid dienone is 2. The van der Waals surface area contributed by atoms with Gasteiger partial charge in [-0.3, -0.25) is 28.8 Å². The predicted octanol–water partition coefficient (Wildman–Crippen LogP) is 7.14. The number of thiophene rings is 1. The number of carbonyl (C=O) groups is 4.